The van der Waals surface area contributed by atoms with E-state index >= 15 is 0 Å². The SMILES string of the molecule is CC(C)C(N)c1ccn(CC2Cc3cc(F)ccc3O2)c1. The van der Waals surface area contributed by atoms with Crippen LogP contribution in [0.5, 0.6) is 5.75 Å². The highest BCUT2D eigenvalue weighted by molar-refractivity contribution is 5.37. The largest absolute Gasteiger partial charge is 0.488 e. The van der Waals surface area contributed by atoms with Gasteiger partial charge in [0.15, 0.2) is 0 Å². The number of aromatic nitrogens is 1. The first-order valence-electron chi connectivity index (χ1n) is 7.39. The predicted octanol–water partition coefficient (Wildman–Crippen LogP) is 3.29. The Bertz CT molecular complexity index is 635. The summed E-state index contributed by atoms with van der Waals surface area (Å²) in [5.74, 6) is 1.01. The number of hydrogen-bond donors (Lipinski definition) is 1. The molecule has 1 aromatic carbocycles. The van der Waals surface area contributed by atoms with Gasteiger partial charge in [-0.25, -0.2) is 4.39 Å². The van der Waals surface area contributed by atoms with Gasteiger partial charge in [0.05, 0.1) is 6.54 Å². The maximum Gasteiger partial charge on any atom is 0.123 e. The van der Waals surface area contributed by atoms with Gasteiger partial charge in [0.2, 0.25) is 0 Å². The molecule has 2 atom stereocenters. The Morgan fingerprint density at radius 2 is 2.19 bits per heavy atom. The summed E-state index contributed by atoms with van der Waals surface area (Å²) < 4.78 is 21.2. The third-order valence-corrected chi connectivity index (χ3v) is 4.05. The average Bonchev–Trinajstić information content (AvgIpc) is 3.04. The zero-order valence-electron chi connectivity index (χ0n) is 12.4. The van der Waals surface area contributed by atoms with E-state index in [2.05, 4.69) is 30.7 Å². The molecule has 2 aromatic rings. The second-order valence-electron chi connectivity index (χ2n) is 6.11. The Morgan fingerprint density at radius 1 is 1.38 bits per heavy atom. The molecule has 0 amide bonds. The molecule has 2 N–H and O–H groups in total. The van der Waals surface area contributed by atoms with Gasteiger partial charge in [0.25, 0.3) is 0 Å². The Labute approximate surface area is 124 Å². The number of fused-ring (bicyclic) bond motifs is 1. The summed E-state index contributed by atoms with van der Waals surface area (Å²) in [6, 6.07) is 6.83. The molecule has 0 spiro atoms. The molecular weight excluding hydrogens is 267 g/mol. The van der Waals surface area contributed by atoms with Crippen LogP contribution in [0.3, 0.4) is 0 Å². The van der Waals surface area contributed by atoms with E-state index in [1.807, 2.05) is 6.20 Å². The van der Waals surface area contributed by atoms with Crippen molar-refractivity contribution in [1.29, 1.82) is 0 Å². The minimum Gasteiger partial charge on any atom is -0.488 e. The van der Waals surface area contributed by atoms with E-state index in [4.69, 9.17) is 10.5 Å². The van der Waals surface area contributed by atoms with Crippen LogP contribution in [0.15, 0.2) is 36.7 Å². The van der Waals surface area contributed by atoms with Gasteiger partial charge in [-0.05, 0) is 35.7 Å². The van der Waals surface area contributed by atoms with Gasteiger partial charge in [-0.2, -0.15) is 0 Å². The van der Waals surface area contributed by atoms with Gasteiger partial charge in [0.1, 0.15) is 17.7 Å². The summed E-state index contributed by atoms with van der Waals surface area (Å²) in [6.45, 7) is 4.99. The van der Waals surface area contributed by atoms with Crippen LogP contribution in [0.2, 0.25) is 0 Å². The lowest BCUT2D eigenvalue weighted by Crippen LogP contribution is -2.20. The molecule has 3 nitrogen and oxygen atoms in total. The minimum atomic E-state index is -0.204. The van der Waals surface area contributed by atoms with Crippen LogP contribution in [0.4, 0.5) is 4.39 Å². The summed E-state index contributed by atoms with van der Waals surface area (Å²) in [5.41, 5.74) is 8.25. The zero-order valence-corrected chi connectivity index (χ0v) is 12.4. The van der Waals surface area contributed by atoms with Crippen LogP contribution < -0.4 is 10.5 Å². The third kappa shape index (κ3) is 2.95. The average molecular weight is 288 g/mol. The Kier molecular flexibility index (Phi) is 3.72. The van der Waals surface area contributed by atoms with E-state index in [9.17, 15) is 4.39 Å². The van der Waals surface area contributed by atoms with E-state index in [0.29, 0.717) is 5.92 Å². The van der Waals surface area contributed by atoms with Crippen LogP contribution in [0.25, 0.3) is 0 Å². The highest BCUT2D eigenvalue weighted by atomic mass is 19.1. The third-order valence-electron chi connectivity index (χ3n) is 4.05. The standard InChI is InChI=1S/C17H21FN2O/c1-11(2)17(19)12-5-6-20(9-12)10-15-8-13-7-14(18)3-4-16(13)21-15/h3-7,9,11,15,17H,8,10,19H2,1-2H3. The molecule has 112 valence electrons. The fourth-order valence-electron chi connectivity index (χ4n) is 2.78. The number of rotatable bonds is 4. The number of hydrogen-bond acceptors (Lipinski definition) is 2. The molecule has 1 aromatic heterocycles. The fraction of sp³-hybridized carbons (Fsp3) is 0.412. The molecule has 1 aliphatic rings. The van der Waals surface area contributed by atoms with Gasteiger partial charge >= 0.3 is 0 Å². The summed E-state index contributed by atoms with van der Waals surface area (Å²) in [6.07, 6.45) is 4.91. The van der Waals surface area contributed by atoms with Gasteiger partial charge in [0, 0.05) is 30.4 Å². The topological polar surface area (TPSA) is 40.2 Å². The second kappa shape index (κ2) is 5.53. The van der Waals surface area contributed by atoms with E-state index in [0.717, 1.165) is 29.8 Å². The Hall–Kier alpha value is -1.81. The molecule has 2 heterocycles. The van der Waals surface area contributed by atoms with Crippen LogP contribution in [0, 0.1) is 11.7 Å². The first kappa shape index (κ1) is 14.1. The van der Waals surface area contributed by atoms with Gasteiger partial charge < -0.3 is 15.0 Å². The van der Waals surface area contributed by atoms with E-state index < -0.39 is 0 Å². The molecule has 1 aliphatic heterocycles. The molecule has 2 unspecified atom stereocenters. The van der Waals surface area contributed by atoms with E-state index in [1.165, 1.54) is 6.07 Å². The van der Waals surface area contributed by atoms with E-state index in [-0.39, 0.29) is 18.0 Å². The van der Waals surface area contributed by atoms with Crippen molar-refractivity contribution < 1.29 is 9.13 Å². The molecule has 0 saturated heterocycles. The second-order valence-corrected chi connectivity index (χ2v) is 6.11. The van der Waals surface area contributed by atoms with Crippen LogP contribution >= 0.6 is 0 Å². The molecular formula is C17H21FN2O. The first-order chi connectivity index (χ1) is 10.0. The van der Waals surface area contributed by atoms with Gasteiger partial charge in [-0.3, -0.25) is 0 Å². The van der Waals surface area contributed by atoms with Crippen LogP contribution in [-0.4, -0.2) is 10.7 Å². The number of halogens is 1. The number of ether oxygens (including phenoxy) is 1. The molecule has 0 radical (unpaired) electrons. The molecule has 21 heavy (non-hydrogen) atoms. The molecule has 0 saturated carbocycles. The summed E-state index contributed by atoms with van der Waals surface area (Å²) in [7, 11) is 0. The van der Waals surface area contributed by atoms with Crippen molar-refractivity contribution in [2.75, 3.05) is 0 Å². The van der Waals surface area contributed by atoms with Crippen molar-refractivity contribution in [2.45, 2.75) is 39.0 Å². The van der Waals surface area contributed by atoms with Crippen molar-refractivity contribution in [3.63, 3.8) is 0 Å². The lowest BCUT2D eigenvalue weighted by molar-refractivity contribution is 0.209. The lowest BCUT2D eigenvalue weighted by Gasteiger charge is -2.14. The zero-order chi connectivity index (χ0) is 15.0. The summed E-state index contributed by atoms with van der Waals surface area (Å²) in [5, 5.41) is 0. The van der Waals surface area contributed by atoms with Crippen LogP contribution in [0.1, 0.15) is 31.0 Å². The Balaban J connectivity index is 1.66. The molecule has 0 fully saturated rings. The minimum absolute atomic E-state index is 0.0531. The van der Waals surface area contributed by atoms with E-state index in [1.54, 1.807) is 12.1 Å². The molecule has 0 aliphatic carbocycles. The quantitative estimate of drug-likeness (QED) is 0.938. The molecule has 0 bridgehead atoms. The lowest BCUT2D eigenvalue weighted by atomic mass is 10.00. The summed E-state index contributed by atoms with van der Waals surface area (Å²) in [4.78, 5) is 0. The predicted molar refractivity (Wildman–Crippen MR) is 80.7 cm³/mol. The van der Waals surface area contributed by atoms with Crippen molar-refractivity contribution in [1.82, 2.24) is 4.57 Å². The van der Waals surface area contributed by atoms with Gasteiger partial charge in [-0.15, -0.1) is 0 Å². The van der Waals surface area contributed by atoms with Crippen LogP contribution in [-0.2, 0) is 13.0 Å². The summed E-state index contributed by atoms with van der Waals surface area (Å²) >= 11 is 0. The maximum absolute atomic E-state index is 13.2. The first-order valence-corrected chi connectivity index (χ1v) is 7.39. The van der Waals surface area contributed by atoms with Crippen molar-refractivity contribution in [2.24, 2.45) is 11.7 Å². The highest BCUT2D eigenvalue weighted by Crippen LogP contribution is 2.30. The fourth-order valence-corrected chi connectivity index (χ4v) is 2.78. The molecule has 4 heteroatoms. The number of nitrogens with two attached hydrogens (primary N) is 1. The van der Waals surface area contributed by atoms with Crippen molar-refractivity contribution in [3.05, 3.63) is 53.6 Å². The monoisotopic (exact) mass is 288 g/mol. The van der Waals surface area contributed by atoms with Gasteiger partial charge in [-0.1, -0.05) is 13.8 Å². The maximum atomic E-state index is 13.2. The Morgan fingerprint density at radius 3 is 2.95 bits per heavy atom. The smallest absolute Gasteiger partial charge is 0.123 e. The van der Waals surface area contributed by atoms with Crippen molar-refractivity contribution >= 4 is 0 Å². The van der Waals surface area contributed by atoms with Crippen molar-refractivity contribution in [3.8, 4) is 5.75 Å². The highest BCUT2D eigenvalue weighted by Gasteiger charge is 2.23. The normalized spacial score (nSPS) is 18.6. The number of nitrogens with zero attached hydrogens (tertiary/aromatic N) is 1. The molecule has 3 rings (SSSR count). The number of benzene rings is 1.